The average Bonchev–Trinajstić information content (AvgIpc) is 2.51. The van der Waals surface area contributed by atoms with Crippen molar-refractivity contribution in [2.24, 2.45) is 11.8 Å². The second-order valence-corrected chi connectivity index (χ2v) is 4.25. The van der Waals surface area contributed by atoms with Crippen LogP contribution in [0.25, 0.3) is 0 Å². The van der Waals surface area contributed by atoms with Crippen molar-refractivity contribution in [2.45, 2.75) is 32.2 Å². The molecule has 0 spiro atoms. The predicted molar refractivity (Wildman–Crippen MR) is 51.2 cm³/mol. The van der Waals surface area contributed by atoms with E-state index in [9.17, 15) is 0 Å². The number of nitrogens with one attached hydrogen (secondary N) is 2. The van der Waals surface area contributed by atoms with Crippen LogP contribution in [0.5, 0.6) is 0 Å². The van der Waals surface area contributed by atoms with Crippen LogP contribution in [0.15, 0.2) is 0 Å². The molecule has 2 rings (SSSR count). The van der Waals surface area contributed by atoms with Crippen molar-refractivity contribution in [3.8, 4) is 0 Å². The van der Waals surface area contributed by atoms with Gasteiger partial charge in [0.25, 0.3) is 0 Å². The van der Waals surface area contributed by atoms with Crippen LogP contribution >= 0.6 is 0 Å². The lowest BCUT2D eigenvalue weighted by atomic mass is 9.79. The molecule has 3 unspecified atom stereocenters. The SMILES string of the molecule is CCNC1CCC2CNCC2C1. The van der Waals surface area contributed by atoms with Gasteiger partial charge in [0.05, 0.1) is 0 Å². The molecular weight excluding hydrogens is 148 g/mol. The van der Waals surface area contributed by atoms with Gasteiger partial charge in [-0.25, -0.2) is 0 Å². The maximum absolute atomic E-state index is 3.57. The van der Waals surface area contributed by atoms with Crippen molar-refractivity contribution in [1.29, 1.82) is 0 Å². The van der Waals surface area contributed by atoms with Gasteiger partial charge in [-0.15, -0.1) is 0 Å². The van der Waals surface area contributed by atoms with Crippen molar-refractivity contribution in [2.75, 3.05) is 19.6 Å². The van der Waals surface area contributed by atoms with Gasteiger partial charge in [-0.05, 0) is 50.7 Å². The van der Waals surface area contributed by atoms with E-state index in [2.05, 4.69) is 17.6 Å². The molecule has 1 saturated carbocycles. The summed E-state index contributed by atoms with van der Waals surface area (Å²) < 4.78 is 0. The zero-order valence-electron chi connectivity index (χ0n) is 7.97. The van der Waals surface area contributed by atoms with Gasteiger partial charge >= 0.3 is 0 Å². The number of hydrogen-bond acceptors (Lipinski definition) is 2. The van der Waals surface area contributed by atoms with Crippen LogP contribution in [0.4, 0.5) is 0 Å². The highest BCUT2D eigenvalue weighted by atomic mass is 14.9. The molecule has 0 aromatic rings. The fourth-order valence-corrected chi connectivity index (χ4v) is 2.77. The Hall–Kier alpha value is -0.0800. The molecule has 2 fully saturated rings. The van der Waals surface area contributed by atoms with E-state index in [1.165, 1.54) is 32.4 Å². The molecule has 2 aliphatic rings. The summed E-state index contributed by atoms with van der Waals surface area (Å²) in [6.45, 7) is 5.89. The first-order valence-corrected chi connectivity index (χ1v) is 5.34. The zero-order chi connectivity index (χ0) is 8.39. The molecule has 1 aliphatic heterocycles. The minimum atomic E-state index is 0.816. The van der Waals surface area contributed by atoms with Gasteiger partial charge in [0, 0.05) is 6.04 Å². The molecule has 2 nitrogen and oxygen atoms in total. The summed E-state index contributed by atoms with van der Waals surface area (Å²) in [5.41, 5.74) is 0. The Kier molecular flexibility index (Phi) is 2.66. The van der Waals surface area contributed by atoms with Crippen LogP contribution in [0.2, 0.25) is 0 Å². The third-order valence-corrected chi connectivity index (χ3v) is 3.45. The Morgan fingerprint density at radius 3 is 2.92 bits per heavy atom. The van der Waals surface area contributed by atoms with Crippen LogP contribution in [-0.2, 0) is 0 Å². The molecule has 0 aromatic carbocycles. The number of rotatable bonds is 2. The van der Waals surface area contributed by atoms with Gasteiger partial charge in [-0.3, -0.25) is 0 Å². The monoisotopic (exact) mass is 168 g/mol. The molecule has 0 amide bonds. The highest BCUT2D eigenvalue weighted by molar-refractivity contribution is 4.89. The Labute approximate surface area is 75.1 Å². The van der Waals surface area contributed by atoms with E-state index in [0.717, 1.165) is 24.4 Å². The Morgan fingerprint density at radius 2 is 2.08 bits per heavy atom. The lowest BCUT2D eigenvalue weighted by molar-refractivity contribution is 0.245. The van der Waals surface area contributed by atoms with Crippen LogP contribution in [0, 0.1) is 11.8 Å². The first kappa shape index (κ1) is 8.52. The molecule has 1 aliphatic carbocycles. The van der Waals surface area contributed by atoms with Gasteiger partial charge in [0.15, 0.2) is 0 Å². The third kappa shape index (κ3) is 1.64. The fraction of sp³-hybridized carbons (Fsp3) is 1.00. The normalized spacial score (nSPS) is 41.2. The van der Waals surface area contributed by atoms with Crippen molar-refractivity contribution in [3.63, 3.8) is 0 Å². The predicted octanol–water partition coefficient (Wildman–Crippen LogP) is 0.984. The molecule has 1 saturated heterocycles. The summed E-state index contributed by atoms with van der Waals surface area (Å²) in [6, 6.07) is 0.816. The van der Waals surface area contributed by atoms with E-state index in [0.29, 0.717) is 0 Å². The van der Waals surface area contributed by atoms with E-state index in [4.69, 9.17) is 0 Å². The van der Waals surface area contributed by atoms with Gasteiger partial charge in [0.1, 0.15) is 0 Å². The Bertz CT molecular complexity index is 147. The largest absolute Gasteiger partial charge is 0.316 e. The molecule has 0 radical (unpaired) electrons. The summed E-state index contributed by atoms with van der Waals surface area (Å²) in [7, 11) is 0. The number of fused-ring (bicyclic) bond motifs is 1. The highest BCUT2D eigenvalue weighted by Crippen LogP contribution is 2.32. The molecular formula is C10H20N2. The summed E-state index contributed by atoms with van der Waals surface area (Å²) in [5.74, 6) is 1.97. The maximum atomic E-state index is 3.57. The minimum absolute atomic E-state index is 0.816. The number of hydrogen-bond donors (Lipinski definition) is 2. The molecule has 2 N–H and O–H groups in total. The quantitative estimate of drug-likeness (QED) is 0.642. The molecule has 1 heterocycles. The van der Waals surface area contributed by atoms with Crippen molar-refractivity contribution in [1.82, 2.24) is 10.6 Å². The molecule has 3 atom stereocenters. The lowest BCUT2D eigenvalue weighted by Gasteiger charge is -2.31. The average molecular weight is 168 g/mol. The molecule has 70 valence electrons. The third-order valence-electron chi connectivity index (χ3n) is 3.45. The van der Waals surface area contributed by atoms with Gasteiger partial charge in [-0.2, -0.15) is 0 Å². The molecule has 0 aromatic heterocycles. The van der Waals surface area contributed by atoms with E-state index in [1.807, 2.05) is 0 Å². The van der Waals surface area contributed by atoms with E-state index in [-0.39, 0.29) is 0 Å². The highest BCUT2D eigenvalue weighted by Gasteiger charge is 2.33. The first-order chi connectivity index (χ1) is 5.90. The first-order valence-electron chi connectivity index (χ1n) is 5.34. The maximum Gasteiger partial charge on any atom is 0.00702 e. The van der Waals surface area contributed by atoms with Crippen molar-refractivity contribution >= 4 is 0 Å². The van der Waals surface area contributed by atoms with Crippen molar-refractivity contribution in [3.05, 3.63) is 0 Å². The Balaban J connectivity index is 1.84. The second-order valence-electron chi connectivity index (χ2n) is 4.25. The molecule has 0 bridgehead atoms. The molecule has 12 heavy (non-hydrogen) atoms. The summed E-state index contributed by atoms with van der Waals surface area (Å²) in [5, 5.41) is 7.07. The Morgan fingerprint density at radius 1 is 1.25 bits per heavy atom. The van der Waals surface area contributed by atoms with E-state index >= 15 is 0 Å². The van der Waals surface area contributed by atoms with E-state index in [1.54, 1.807) is 0 Å². The van der Waals surface area contributed by atoms with E-state index < -0.39 is 0 Å². The zero-order valence-corrected chi connectivity index (χ0v) is 7.97. The van der Waals surface area contributed by atoms with Crippen LogP contribution in [0.1, 0.15) is 26.2 Å². The standard InChI is InChI=1S/C10H20N2/c1-2-12-10-4-3-8-6-11-7-9(8)5-10/h8-12H,2-7H2,1H3. The van der Waals surface area contributed by atoms with Gasteiger partial charge in [0.2, 0.25) is 0 Å². The minimum Gasteiger partial charge on any atom is -0.316 e. The van der Waals surface area contributed by atoms with Crippen molar-refractivity contribution < 1.29 is 0 Å². The summed E-state index contributed by atoms with van der Waals surface area (Å²) in [4.78, 5) is 0. The smallest absolute Gasteiger partial charge is 0.00702 e. The second kappa shape index (κ2) is 3.75. The van der Waals surface area contributed by atoms with Crippen LogP contribution in [-0.4, -0.2) is 25.7 Å². The fourth-order valence-electron chi connectivity index (χ4n) is 2.77. The summed E-state index contributed by atoms with van der Waals surface area (Å²) >= 11 is 0. The van der Waals surface area contributed by atoms with Gasteiger partial charge in [-0.1, -0.05) is 6.92 Å². The lowest BCUT2D eigenvalue weighted by Crippen LogP contribution is -2.37. The topological polar surface area (TPSA) is 24.1 Å². The molecule has 2 heteroatoms. The van der Waals surface area contributed by atoms with Gasteiger partial charge < -0.3 is 10.6 Å². The van der Waals surface area contributed by atoms with Crippen LogP contribution < -0.4 is 10.6 Å². The summed E-state index contributed by atoms with van der Waals surface area (Å²) in [6.07, 6.45) is 4.25. The van der Waals surface area contributed by atoms with Crippen LogP contribution in [0.3, 0.4) is 0 Å².